The molecule has 1 saturated heterocycles. The van der Waals surface area contributed by atoms with Gasteiger partial charge in [0.25, 0.3) is 5.91 Å². The second-order valence-corrected chi connectivity index (χ2v) is 6.59. The number of ether oxygens (including phenoxy) is 2. The Bertz CT molecular complexity index is 713. The Morgan fingerprint density at radius 1 is 1.15 bits per heavy atom. The molecule has 0 spiro atoms. The maximum Gasteiger partial charge on any atom is 0.251 e. The minimum atomic E-state index is -0.0973. The van der Waals surface area contributed by atoms with Gasteiger partial charge in [0.2, 0.25) is 0 Å². The van der Waals surface area contributed by atoms with Crippen molar-refractivity contribution in [2.45, 2.75) is 6.04 Å². The van der Waals surface area contributed by atoms with E-state index in [0.29, 0.717) is 30.3 Å². The number of hydrogen-bond donors (Lipinski definition) is 1. The van der Waals surface area contributed by atoms with E-state index in [1.54, 1.807) is 31.4 Å². The summed E-state index contributed by atoms with van der Waals surface area (Å²) in [6.45, 7) is 3.61. The average molecular weight is 375 g/mol. The highest BCUT2D eigenvalue weighted by Gasteiger charge is 2.23. The van der Waals surface area contributed by atoms with Crippen LogP contribution in [0.15, 0.2) is 48.5 Å². The summed E-state index contributed by atoms with van der Waals surface area (Å²) in [7, 11) is 1.61. The van der Waals surface area contributed by atoms with Gasteiger partial charge in [0.1, 0.15) is 5.75 Å². The molecule has 1 atom stereocenters. The number of carbonyl (C=O) groups excluding carboxylic acids is 1. The van der Waals surface area contributed by atoms with Crippen molar-refractivity contribution < 1.29 is 14.3 Å². The molecule has 1 heterocycles. The minimum absolute atomic E-state index is 0.0818. The highest BCUT2D eigenvalue weighted by molar-refractivity contribution is 6.30. The van der Waals surface area contributed by atoms with E-state index in [0.717, 1.165) is 24.4 Å². The Kier molecular flexibility index (Phi) is 6.50. The van der Waals surface area contributed by atoms with Crippen molar-refractivity contribution >= 4 is 17.5 Å². The first kappa shape index (κ1) is 18.7. The summed E-state index contributed by atoms with van der Waals surface area (Å²) in [5.74, 6) is 0.633. The lowest BCUT2D eigenvalue weighted by Crippen LogP contribution is -2.43. The Morgan fingerprint density at radius 2 is 1.81 bits per heavy atom. The van der Waals surface area contributed by atoms with Crippen molar-refractivity contribution in [1.29, 1.82) is 0 Å². The molecular weight excluding hydrogens is 352 g/mol. The van der Waals surface area contributed by atoms with Gasteiger partial charge in [-0.3, -0.25) is 9.69 Å². The molecule has 1 fully saturated rings. The molecule has 0 bridgehead atoms. The van der Waals surface area contributed by atoms with Gasteiger partial charge in [-0.15, -0.1) is 0 Å². The number of hydrogen-bond acceptors (Lipinski definition) is 4. The van der Waals surface area contributed by atoms with E-state index in [4.69, 9.17) is 21.1 Å². The number of amides is 1. The number of morpholine rings is 1. The zero-order chi connectivity index (χ0) is 18.4. The molecule has 3 rings (SSSR count). The van der Waals surface area contributed by atoms with E-state index >= 15 is 0 Å². The van der Waals surface area contributed by atoms with Crippen LogP contribution in [0.1, 0.15) is 22.0 Å². The van der Waals surface area contributed by atoms with Crippen LogP contribution >= 0.6 is 11.6 Å². The molecule has 1 N–H and O–H groups in total. The second-order valence-electron chi connectivity index (χ2n) is 6.15. The molecule has 0 unspecified atom stereocenters. The summed E-state index contributed by atoms with van der Waals surface area (Å²) < 4.78 is 10.6. The predicted molar refractivity (Wildman–Crippen MR) is 102 cm³/mol. The fourth-order valence-electron chi connectivity index (χ4n) is 3.07. The first-order chi connectivity index (χ1) is 12.7. The molecule has 26 heavy (non-hydrogen) atoms. The second kappa shape index (κ2) is 9.03. The predicted octanol–water partition coefficient (Wildman–Crippen LogP) is 3.15. The topological polar surface area (TPSA) is 50.8 Å². The highest BCUT2D eigenvalue weighted by Crippen LogP contribution is 2.23. The van der Waals surface area contributed by atoms with Gasteiger partial charge in [-0.1, -0.05) is 23.7 Å². The molecule has 0 saturated carbocycles. The van der Waals surface area contributed by atoms with Gasteiger partial charge < -0.3 is 14.8 Å². The zero-order valence-electron chi connectivity index (χ0n) is 14.8. The van der Waals surface area contributed by atoms with Crippen LogP contribution in [-0.4, -0.2) is 50.8 Å². The lowest BCUT2D eigenvalue weighted by Gasteiger charge is -2.35. The molecule has 6 heteroatoms. The molecule has 5 nitrogen and oxygen atoms in total. The first-order valence-corrected chi connectivity index (χ1v) is 9.04. The third-order valence-electron chi connectivity index (χ3n) is 4.55. The van der Waals surface area contributed by atoms with Crippen LogP contribution in [0, 0.1) is 0 Å². The summed E-state index contributed by atoms with van der Waals surface area (Å²) in [6, 6.07) is 15.0. The van der Waals surface area contributed by atoms with Crippen LogP contribution in [0.4, 0.5) is 0 Å². The lowest BCUT2D eigenvalue weighted by molar-refractivity contribution is 0.0162. The first-order valence-electron chi connectivity index (χ1n) is 8.67. The number of methoxy groups -OCH3 is 1. The molecule has 1 aliphatic heterocycles. The van der Waals surface area contributed by atoms with Gasteiger partial charge in [-0.05, 0) is 42.0 Å². The monoisotopic (exact) mass is 374 g/mol. The molecule has 0 aromatic heterocycles. The maximum atomic E-state index is 12.5. The van der Waals surface area contributed by atoms with Gasteiger partial charge in [-0.2, -0.15) is 0 Å². The molecule has 138 valence electrons. The largest absolute Gasteiger partial charge is 0.497 e. The molecule has 1 aliphatic rings. The SMILES string of the molecule is COc1ccc(C(=O)NC[C@H](c2ccc(Cl)cc2)N2CCOCC2)cc1. The van der Waals surface area contributed by atoms with E-state index in [9.17, 15) is 4.79 Å². The quantitative estimate of drug-likeness (QED) is 0.843. The van der Waals surface area contributed by atoms with Crippen LogP contribution in [0.2, 0.25) is 5.02 Å². The molecule has 0 radical (unpaired) electrons. The van der Waals surface area contributed by atoms with Gasteiger partial charge in [0.05, 0.1) is 26.4 Å². The summed E-state index contributed by atoms with van der Waals surface area (Å²) in [5, 5.41) is 3.76. The van der Waals surface area contributed by atoms with E-state index in [-0.39, 0.29) is 11.9 Å². The third-order valence-corrected chi connectivity index (χ3v) is 4.80. The van der Waals surface area contributed by atoms with Crippen LogP contribution < -0.4 is 10.1 Å². The van der Waals surface area contributed by atoms with Crippen molar-refractivity contribution in [2.75, 3.05) is 40.0 Å². The number of benzene rings is 2. The third kappa shape index (κ3) is 4.75. The zero-order valence-corrected chi connectivity index (χ0v) is 15.5. The van der Waals surface area contributed by atoms with Crippen LogP contribution in [-0.2, 0) is 4.74 Å². The summed E-state index contributed by atoms with van der Waals surface area (Å²) in [6.07, 6.45) is 0. The summed E-state index contributed by atoms with van der Waals surface area (Å²) in [5.41, 5.74) is 1.74. The lowest BCUT2D eigenvalue weighted by atomic mass is 10.0. The van der Waals surface area contributed by atoms with Gasteiger partial charge in [-0.25, -0.2) is 0 Å². The normalized spacial score (nSPS) is 16.1. The molecular formula is C20H23ClN2O3. The van der Waals surface area contributed by atoms with E-state index in [2.05, 4.69) is 10.2 Å². The maximum absolute atomic E-state index is 12.5. The molecule has 0 aliphatic carbocycles. The number of rotatable bonds is 6. The molecule has 2 aromatic rings. The average Bonchev–Trinajstić information content (AvgIpc) is 2.70. The Hall–Kier alpha value is -2.08. The van der Waals surface area contributed by atoms with Crippen LogP contribution in [0.5, 0.6) is 5.75 Å². The Balaban J connectivity index is 1.70. The van der Waals surface area contributed by atoms with E-state index in [1.807, 2.05) is 24.3 Å². The minimum Gasteiger partial charge on any atom is -0.497 e. The van der Waals surface area contributed by atoms with Gasteiger partial charge >= 0.3 is 0 Å². The fraction of sp³-hybridized carbons (Fsp3) is 0.350. The molecule has 1 amide bonds. The number of halogens is 1. The highest BCUT2D eigenvalue weighted by atomic mass is 35.5. The smallest absolute Gasteiger partial charge is 0.251 e. The van der Waals surface area contributed by atoms with Crippen molar-refractivity contribution in [3.63, 3.8) is 0 Å². The standard InChI is InChI=1S/C20H23ClN2O3/c1-25-18-8-4-16(5-9-18)20(24)22-14-19(23-10-12-26-13-11-23)15-2-6-17(21)7-3-15/h2-9,19H,10-14H2,1H3,(H,22,24)/t19-/m1/s1. The van der Waals surface area contributed by atoms with Gasteiger partial charge in [0.15, 0.2) is 0 Å². The van der Waals surface area contributed by atoms with Gasteiger partial charge in [0, 0.05) is 30.2 Å². The fourth-order valence-corrected chi connectivity index (χ4v) is 3.19. The summed E-state index contributed by atoms with van der Waals surface area (Å²) in [4.78, 5) is 14.8. The Morgan fingerprint density at radius 3 is 2.42 bits per heavy atom. The number of nitrogens with one attached hydrogen (secondary N) is 1. The summed E-state index contributed by atoms with van der Waals surface area (Å²) >= 11 is 6.02. The van der Waals surface area contributed by atoms with Crippen molar-refractivity contribution in [3.8, 4) is 5.75 Å². The van der Waals surface area contributed by atoms with Crippen molar-refractivity contribution in [3.05, 3.63) is 64.7 Å². The number of carbonyl (C=O) groups is 1. The number of nitrogens with zero attached hydrogens (tertiary/aromatic N) is 1. The molecule has 2 aromatic carbocycles. The van der Waals surface area contributed by atoms with Crippen LogP contribution in [0.3, 0.4) is 0 Å². The van der Waals surface area contributed by atoms with E-state index in [1.165, 1.54) is 0 Å². The van der Waals surface area contributed by atoms with Crippen molar-refractivity contribution in [2.24, 2.45) is 0 Å². The van der Waals surface area contributed by atoms with E-state index < -0.39 is 0 Å². The Labute approximate surface area is 158 Å². The van der Waals surface area contributed by atoms with Crippen molar-refractivity contribution in [1.82, 2.24) is 10.2 Å². The van der Waals surface area contributed by atoms with Crippen LogP contribution in [0.25, 0.3) is 0 Å².